The molecule has 23 heavy (non-hydrogen) atoms. The largest absolute Gasteiger partial charge is 0.444 e. The van der Waals surface area contributed by atoms with Crippen molar-refractivity contribution in [2.24, 2.45) is 5.92 Å². The number of ether oxygens (including phenoxy) is 1. The Morgan fingerprint density at radius 3 is 2.39 bits per heavy atom. The van der Waals surface area contributed by atoms with Gasteiger partial charge in [0.25, 0.3) is 5.91 Å². The normalized spacial score (nSPS) is 12.6. The standard InChI is InChI=1S/C17H28N2O3S/c1-7-13-12(3)8-14(23-13)15(20)18-9-11(2)10-19-16(21)22-17(4,5)6/h8,11H,7,9-10H2,1-6H3,(H,18,20)(H,19,21)/t11-/m0/s1. The molecular weight excluding hydrogens is 312 g/mol. The van der Waals surface area contributed by atoms with Crippen LogP contribution in [0.25, 0.3) is 0 Å². The van der Waals surface area contributed by atoms with Gasteiger partial charge < -0.3 is 15.4 Å². The molecule has 0 aliphatic heterocycles. The molecule has 1 aromatic heterocycles. The van der Waals surface area contributed by atoms with Crippen molar-refractivity contribution in [2.45, 2.75) is 53.6 Å². The average molecular weight is 340 g/mol. The van der Waals surface area contributed by atoms with Crippen molar-refractivity contribution in [3.8, 4) is 0 Å². The molecule has 1 rings (SSSR count). The predicted molar refractivity (Wildman–Crippen MR) is 94.2 cm³/mol. The summed E-state index contributed by atoms with van der Waals surface area (Å²) in [5, 5.41) is 5.63. The van der Waals surface area contributed by atoms with Crippen LogP contribution < -0.4 is 10.6 Å². The first kappa shape index (κ1) is 19.5. The van der Waals surface area contributed by atoms with Gasteiger partial charge in [0.1, 0.15) is 5.60 Å². The molecule has 0 radical (unpaired) electrons. The lowest BCUT2D eigenvalue weighted by Gasteiger charge is -2.20. The Balaban J connectivity index is 2.36. The van der Waals surface area contributed by atoms with E-state index < -0.39 is 11.7 Å². The topological polar surface area (TPSA) is 67.4 Å². The second-order valence-corrected chi connectivity index (χ2v) is 7.91. The highest BCUT2D eigenvalue weighted by Crippen LogP contribution is 2.22. The van der Waals surface area contributed by atoms with Gasteiger partial charge in [0, 0.05) is 18.0 Å². The molecule has 0 unspecified atom stereocenters. The summed E-state index contributed by atoms with van der Waals surface area (Å²) in [7, 11) is 0. The number of carbonyl (C=O) groups is 2. The minimum absolute atomic E-state index is 0.0538. The second-order valence-electron chi connectivity index (χ2n) is 6.77. The summed E-state index contributed by atoms with van der Waals surface area (Å²) >= 11 is 1.54. The first-order valence-corrected chi connectivity index (χ1v) is 8.78. The molecule has 2 N–H and O–H groups in total. The molecule has 0 saturated heterocycles. The van der Waals surface area contributed by atoms with Crippen molar-refractivity contribution in [1.29, 1.82) is 0 Å². The number of hydrogen-bond acceptors (Lipinski definition) is 4. The average Bonchev–Trinajstić information content (AvgIpc) is 2.82. The van der Waals surface area contributed by atoms with Gasteiger partial charge in [0.15, 0.2) is 0 Å². The number of thiophene rings is 1. The van der Waals surface area contributed by atoms with E-state index in [0.717, 1.165) is 11.3 Å². The number of rotatable bonds is 6. The molecule has 0 aromatic carbocycles. The molecule has 0 aliphatic rings. The van der Waals surface area contributed by atoms with Crippen LogP contribution in [0, 0.1) is 12.8 Å². The van der Waals surface area contributed by atoms with Gasteiger partial charge in [0.05, 0.1) is 4.88 Å². The summed E-state index contributed by atoms with van der Waals surface area (Å²) in [4.78, 5) is 25.7. The van der Waals surface area contributed by atoms with Crippen molar-refractivity contribution in [2.75, 3.05) is 13.1 Å². The van der Waals surface area contributed by atoms with Crippen LogP contribution in [0.1, 0.15) is 54.7 Å². The lowest BCUT2D eigenvalue weighted by Crippen LogP contribution is -2.38. The van der Waals surface area contributed by atoms with Crippen molar-refractivity contribution in [3.05, 3.63) is 21.4 Å². The van der Waals surface area contributed by atoms with Crippen LogP contribution in [0.4, 0.5) is 4.79 Å². The van der Waals surface area contributed by atoms with E-state index in [2.05, 4.69) is 17.6 Å². The van der Waals surface area contributed by atoms with E-state index in [1.165, 1.54) is 10.4 Å². The zero-order chi connectivity index (χ0) is 17.6. The summed E-state index contributed by atoms with van der Waals surface area (Å²) in [5.74, 6) is 0.0695. The quantitative estimate of drug-likeness (QED) is 0.833. The summed E-state index contributed by atoms with van der Waals surface area (Å²) in [6, 6.07) is 1.93. The molecule has 1 aromatic rings. The first-order valence-electron chi connectivity index (χ1n) is 7.96. The van der Waals surface area contributed by atoms with Crippen LogP contribution in [-0.4, -0.2) is 30.7 Å². The van der Waals surface area contributed by atoms with Crippen molar-refractivity contribution in [3.63, 3.8) is 0 Å². The Kier molecular flexibility index (Phi) is 7.06. The predicted octanol–water partition coefficient (Wildman–Crippen LogP) is 3.51. The number of alkyl carbamates (subject to hydrolysis) is 1. The Bertz CT molecular complexity index is 547. The van der Waals surface area contributed by atoms with Crippen LogP contribution in [0.5, 0.6) is 0 Å². The van der Waals surface area contributed by atoms with E-state index in [1.807, 2.05) is 40.7 Å². The molecule has 1 atom stereocenters. The van der Waals surface area contributed by atoms with Gasteiger partial charge in [-0.3, -0.25) is 4.79 Å². The van der Waals surface area contributed by atoms with Crippen LogP contribution in [0.3, 0.4) is 0 Å². The molecule has 1 heterocycles. The fraction of sp³-hybridized carbons (Fsp3) is 0.647. The lowest BCUT2D eigenvalue weighted by atomic mass is 10.2. The van der Waals surface area contributed by atoms with Gasteiger partial charge in [-0.15, -0.1) is 11.3 Å². The minimum Gasteiger partial charge on any atom is -0.444 e. The molecule has 6 heteroatoms. The SMILES string of the molecule is CCc1sc(C(=O)NC[C@H](C)CNC(=O)OC(C)(C)C)cc1C. The van der Waals surface area contributed by atoms with Crippen LogP contribution in [0.15, 0.2) is 6.07 Å². The monoisotopic (exact) mass is 340 g/mol. The number of amides is 2. The number of nitrogens with one attached hydrogen (secondary N) is 2. The smallest absolute Gasteiger partial charge is 0.407 e. The second kappa shape index (κ2) is 8.34. The van der Waals surface area contributed by atoms with Crippen LogP contribution >= 0.6 is 11.3 Å². The summed E-state index contributed by atoms with van der Waals surface area (Å²) in [6.07, 6.45) is 0.511. The Morgan fingerprint density at radius 2 is 1.87 bits per heavy atom. The fourth-order valence-electron chi connectivity index (χ4n) is 1.98. The summed E-state index contributed by atoms with van der Waals surface area (Å²) in [5.41, 5.74) is 0.664. The van der Waals surface area contributed by atoms with E-state index in [-0.39, 0.29) is 11.8 Å². The number of hydrogen-bond donors (Lipinski definition) is 2. The molecule has 0 bridgehead atoms. The van der Waals surface area contributed by atoms with E-state index in [9.17, 15) is 9.59 Å². The highest BCUT2D eigenvalue weighted by molar-refractivity contribution is 7.14. The molecule has 0 aliphatic carbocycles. The molecule has 5 nitrogen and oxygen atoms in total. The van der Waals surface area contributed by atoms with Crippen LogP contribution in [0.2, 0.25) is 0 Å². The highest BCUT2D eigenvalue weighted by Gasteiger charge is 2.17. The maximum Gasteiger partial charge on any atom is 0.407 e. The van der Waals surface area contributed by atoms with E-state index in [4.69, 9.17) is 4.74 Å². The van der Waals surface area contributed by atoms with Gasteiger partial charge in [-0.25, -0.2) is 4.79 Å². The zero-order valence-corrected chi connectivity index (χ0v) is 15.7. The van der Waals surface area contributed by atoms with E-state index >= 15 is 0 Å². The lowest BCUT2D eigenvalue weighted by molar-refractivity contribution is 0.0520. The summed E-state index contributed by atoms with van der Waals surface area (Å²) < 4.78 is 5.18. The molecule has 0 saturated carbocycles. The van der Waals surface area contributed by atoms with Crippen molar-refractivity contribution < 1.29 is 14.3 Å². The fourth-order valence-corrected chi connectivity index (χ4v) is 3.01. The van der Waals surface area contributed by atoms with Gasteiger partial charge >= 0.3 is 6.09 Å². The maximum absolute atomic E-state index is 12.1. The Hall–Kier alpha value is -1.56. The zero-order valence-electron chi connectivity index (χ0n) is 14.9. The third kappa shape index (κ3) is 7.03. The molecular formula is C17H28N2O3S. The molecule has 130 valence electrons. The third-order valence-corrected chi connectivity index (χ3v) is 4.55. The number of aryl methyl sites for hydroxylation is 2. The third-order valence-electron chi connectivity index (χ3n) is 3.17. The minimum atomic E-state index is -0.504. The first-order chi connectivity index (χ1) is 10.6. The van der Waals surface area contributed by atoms with Crippen molar-refractivity contribution >= 4 is 23.3 Å². The molecule has 0 spiro atoms. The van der Waals surface area contributed by atoms with Crippen LogP contribution in [-0.2, 0) is 11.2 Å². The highest BCUT2D eigenvalue weighted by atomic mass is 32.1. The van der Waals surface area contributed by atoms with Crippen molar-refractivity contribution in [1.82, 2.24) is 10.6 Å². The van der Waals surface area contributed by atoms with Gasteiger partial charge in [-0.1, -0.05) is 13.8 Å². The van der Waals surface area contributed by atoms with E-state index in [0.29, 0.717) is 13.1 Å². The maximum atomic E-state index is 12.1. The Morgan fingerprint density at radius 1 is 1.26 bits per heavy atom. The molecule has 2 amide bonds. The van der Waals surface area contributed by atoms with E-state index in [1.54, 1.807) is 11.3 Å². The Labute approximate surface area is 142 Å². The van der Waals surface area contributed by atoms with Gasteiger partial charge in [-0.05, 0) is 51.7 Å². The van der Waals surface area contributed by atoms with Gasteiger partial charge in [0.2, 0.25) is 0 Å². The summed E-state index contributed by atoms with van der Waals surface area (Å²) in [6.45, 7) is 12.5. The number of carbonyl (C=O) groups excluding carboxylic acids is 2. The van der Waals surface area contributed by atoms with Gasteiger partial charge in [-0.2, -0.15) is 0 Å². The molecule has 0 fully saturated rings.